The number of aryl methyl sites for hydroxylation is 1. The van der Waals surface area contributed by atoms with E-state index in [0.29, 0.717) is 17.9 Å². The molecule has 1 amide bonds. The van der Waals surface area contributed by atoms with Crippen LogP contribution in [0.3, 0.4) is 0 Å². The summed E-state index contributed by atoms with van der Waals surface area (Å²) in [5, 5.41) is 8.77. The third kappa shape index (κ3) is 5.15. The Bertz CT molecular complexity index is 704. The maximum absolute atomic E-state index is 12.2. The van der Waals surface area contributed by atoms with Crippen LogP contribution in [0.2, 0.25) is 0 Å². The molecule has 3 nitrogen and oxygen atoms in total. The van der Waals surface area contributed by atoms with Gasteiger partial charge in [-0.05, 0) is 35.7 Å². The van der Waals surface area contributed by atoms with Gasteiger partial charge in [0.25, 0.3) is 0 Å². The Morgan fingerprint density at radius 1 is 1.17 bits per heavy atom. The third-order valence-corrected chi connectivity index (χ3v) is 4.66. The van der Waals surface area contributed by atoms with Gasteiger partial charge < -0.3 is 4.90 Å². The molecule has 0 N–H and O–H groups in total. The summed E-state index contributed by atoms with van der Waals surface area (Å²) in [6, 6.07) is 17.7. The van der Waals surface area contributed by atoms with Crippen LogP contribution in [0, 0.1) is 18.3 Å². The van der Waals surface area contributed by atoms with Crippen molar-refractivity contribution in [1.29, 1.82) is 5.26 Å². The molecule has 2 rings (SSSR count). The molecular formula is C19H20N2OS. The van der Waals surface area contributed by atoms with E-state index in [-0.39, 0.29) is 5.91 Å². The molecular weight excluding hydrogens is 304 g/mol. The van der Waals surface area contributed by atoms with E-state index in [9.17, 15) is 4.79 Å². The lowest BCUT2D eigenvalue weighted by Crippen LogP contribution is -2.28. The molecule has 0 saturated carbocycles. The van der Waals surface area contributed by atoms with E-state index < -0.39 is 0 Å². The molecule has 118 valence electrons. The third-order valence-electron chi connectivity index (χ3n) is 3.67. The smallest absolute Gasteiger partial charge is 0.232 e. The lowest BCUT2D eigenvalue weighted by Gasteiger charge is -2.18. The molecule has 4 heteroatoms. The van der Waals surface area contributed by atoms with E-state index in [1.54, 1.807) is 16.7 Å². The van der Waals surface area contributed by atoms with Crippen molar-refractivity contribution in [1.82, 2.24) is 4.90 Å². The van der Waals surface area contributed by atoms with Crippen molar-refractivity contribution in [2.75, 3.05) is 12.8 Å². The first-order chi connectivity index (χ1) is 11.1. The standard InChI is InChI=1S/C19H20N2OS/c1-15-5-3-4-6-18(15)12-21(2)19(22)14-23-13-17-9-7-16(11-20)8-10-17/h3-10H,12-14H2,1-2H3. The lowest BCUT2D eigenvalue weighted by molar-refractivity contribution is -0.127. The van der Waals surface area contributed by atoms with E-state index >= 15 is 0 Å². The highest BCUT2D eigenvalue weighted by molar-refractivity contribution is 7.99. The zero-order valence-electron chi connectivity index (χ0n) is 13.5. The zero-order chi connectivity index (χ0) is 16.7. The first-order valence-corrected chi connectivity index (χ1v) is 8.61. The predicted octanol–water partition coefficient (Wildman–Crippen LogP) is 3.76. The minimum Gasteiger partial charge on any atom is -0.341 e. The quantitative estimate of drug-likeness (QED) is 0.812. The van der Waals surface area contributed by atoms with Gasteiger partial charge in [0, 0.05) is 19.3 Å². The molecule has 0 spiro atoms. The number of nitriles is 1. The molecule has 0 fully saturated rings. The molecule has 23 heavy (non-hydrogen) atoms. The molecule has 0 aliphatic rings. The van der Waals surface area contributed by atoms with Gasteiger partial charge in [-0.15, -0.1) is 11.8 Å². The summed E-state index contributed by atoms with van der Waals surface area (Å²) in [6.07, 6.45) is 0. The van der Waals surface area contributed by atoms with Crippen LogP contribution in [-0.4, -0.2) is 23.6 Å². The van der Waals surface area contributed by atoms with Crippen LogP contribution in [0.4, 0.5) is 0 Å². The van der Waals surface area contributed by atoms with Gasteiger partial charge in [-0.3, -0.25) is 4.79 Å². The molecule has 0 atom stereocenters. The fraction of sp³-hybridized carbons (Fsp3) is 0.263. The number of rotatable bonds is 6. The van der Waals surface area contributed by atoms with Crippen LogP contribution in [0.5, 0.6) is 0 Å². The fourth-order valence-electron chi connectivity index (χ4n) is 2.17. The van der Waals surface area contributed by atoms with E-state index in [1.165, 1.54) is 11.1 Å². The Hall–Kier alpha value is -2.25. The van der Waals surface area contributed by atoms with Gasteiger partial charge in [0.2, 0.25) is 5.91 Å². The molecule has 0 aromatic heterocycles. The SMILES string of the molecule is Cc1ccccc1CN(C)C(=O)CSCc1ccc(C#N)cc1. The van der Waals surface area contributed by atoms with Crippen molar-refractivity contribution < 1.29 is 4.79 Å². The second kappa shape index (κ2) is 8.40. The average molecular weight is 324 g/mol. The van der Waals surface area contributed by atoms with Crippen molar-refractivity contribution in [3.63, 3.8) is 0 Å². The van der Waals surface area contributed by atoms with Gasteiger partial charge in [-0.1, -0.05) is 36.4 Å². The zero-order valence-corrected chi connectivity index (χ0v) is 14.3. The van der Waals surface area contributed by atoms with E-state index in [0.717, 1.165) is 11.3 Å². The maximum Gasteiger partial charge on any atom is 0.232 e. The minimum atomic E-state index is 0.131. The van der Waals surface area contributed by atoms with Crippen LogP contribution < -0.4 is 0 Å². The summed E-state index contributed by atoms with van der Waals surface area (Å²) < 4.78 is 0. The topological polar surface area (TPSA) is 44.1 Å². The second-order valence-electron chi connectivity index (χ2n) is 5.48. The molecule has 0 radical (unpaired) electrons. The number of carbonyl (C=O) groups excluding carboxylic acids is 1. The first kappa shape index (κ1) is 17.1. The molecule has 0 aliphatic heterocycles. The number of hydrogen-bond acceptors (Lipinski definition) is 3. The van der Waals surface area contributed by atoms with Crippen LogP contribution in [0.1, 0.15) is 22.3 Å². The first-order valence-electron chi connectivity index (χ1n) is 7.45. The van der Waals surface area contributed by atoms with Crippen LogP contribution >= 0.6 is 11.8 Å². The van der Waals surface area contributed by atoms with Crippen molar-refractivity contribution in [2.24, 2.45) is 0 Å². The average Bonchev–Trinajstić information content (AvgIpc) is 2.57. The number of thioether (sulfide) groups is 1. The Morgan fingerprint density at radius 2 is 1.87 bits per heavy atom. The summed E-state index contributed by atoms with van der Waals surface area (Å²) in [5.41, 5.74) is 4.17. The summed E-state index contributed by atoms with van der Waals surface area (Å²) in [5.74, 6) is 1.37. The van der Waals surface area contributed by atoms with Gasteiger partial charge in [-0.25, -0.2) is 0 Å². The second-order valence-corrected chi connectivity index (χ2v) is 6.46. The highest BCUT2D eigenvalue weighted by atomic mass is 32.2. The highest BCUT2D eigenvalue weighted by Crippen LogP contribution is 2.15. The normalized spacial score (nSPS) is 10.1. The number of hydrogen-bond donors (Lipinski definition) is 0. The number of nitrogens with zero attached hydrogens (tertiary/aromatic N) is 2. The molecule has 2 aromatic rings. The predicted molar refractivity (Wildman–Crippen MR) is 95.0 cm³/mol. The van der Waals surface area contributed by atoms with Gasteiger partial charge >= 0.3 is 0 Å². The molecule has 2 aromatic carbocycles. The van der Waals surface area contributed by atoms with Crippen molar-refractivity contribution in [3.8, 4) is 6.07 Å². The molecule has 0 heterocycles. The molecule has 0 aliphatic carbocycles. The number of benzene rings is 2. The summed E-state index contributed by atoms with van der Waals surface area (Å²) in [4.78, 5) is 14.0. The Balaban J connectivity index is 1.80. The Labute approximate surface area is 141 Å². The van der Waals surface area contributed by atoms with E-state index in [4.69, 9.17) is 5.26 Å². The maximum atomic E-state index is 12.2. The van der Waals surface area contributed by atoms with Gasteiger partial charge in [-0.2, -0.15) is 5.26 Å². The van der Waals surface area contributed by atoms with E-state index in [2.05, 4.69) is 25.1 Å². The van der Waals surface area contributed by atoms with Crippen molar-refractivity contribution in [3.05, 3.63) is 70.8 Å². The van der Waals surface area contributed by atoms with Gasteiger partial charge in [0.15, 0.2) is 0 Å². The largest absolute Gasteiger partial charge is 0.341 e. The highest BCUT2D eigenvalue weighted by Gasteiger charge is 2.10. The van der Waals surface area contributed by atoms with Crippen molar-refractivity contribution in [2.45, 2.75) is 19.2 Å². The number of carbonyl (C=O) groups is 1. The Kier molecular flexibility index (Phi) is 6.25. The Morgan fingerprint density at radius 3 is 2.52 bits per heavy atom. The molecule has 0 unspecified atom stereocenters. The summed E-state index contributed by atoms with van der Waals surface area (Å²) >= 11 is 1.60. The fourth-order valence-corrected chi connectivity index (χ4v) is 3.10. The van der Waals surface area contributed by atoms with Crippen molar-refractivity contribution >= 4 is 17.7 Å². The van der Waals surface area contributed by atoms with Crippen LogP contribution in [0.25, 0.3) is 0 Å². The van der Waals surface area contributed by atoms with Gasteiger partial charge in [0.1, 0.15) is 0 Å². The van der Waals surface area contributed by atoms with Crippen LogP contribution in [0.15, 0.2) is 48.5 Å². The molecule has 0 saturated heterocycles. The monoisotopic (exact) mass is 324 g/mol. The summed E-state index contributed by atoms with van der Waals surface area (Å²) in [7, 11) is 1.84. The lowest BCUT2D eigenvalue weighted by atomic mass is 10.1. The van der Waals surface area contributed by atoms with Crippen LogP contribution in [-0.2, 0) is 17.1 Å². The molecule has 0 bridgehead atoms. The van der Waals surface area contributed by atoms with E-state index in [1.807, 2.05) is 43.4 Å². The van der Waals surface area contributed by atoms with Gasteiger partial charge in [0.05, 0.1) is 17.4 Å². The number of amides is 1. The minimum absolute atomic E-state index is 0.131. The summed E-state index contributed by atoms with van der Waals surface area (Å²) in [6.45, 7) is 2.70.